The molecule has 6 nitrogen and oxygen atoms in total. The van der Waals surface area contributed by atoms with Crippen LogP contribution < -0.4 is 29.6 Å². The van der Waals surface area contributed by atoms with E-state index in [0.29, 0.717) is 12.5 Å². The maximum atomic E-state index is 11.3. The molecule has 27 heavy (non-hydrogen) atoms. The van der Waals surface area contributed by atoms with Crippen molar-refractivity contribution in [3.8, 4) is 0 Å². The zero-order valence-electron chi connectivity index (χ0n) is 17.1. The van der Waals surface area contributed by atoms with Crippen molar-refractivity contribution < 1.29 is 44.2 Å². The van der Waals surface area contributed by atoms with Crippen LogP contribution in [0.5, 0.6) is 0 Å². The summed E-state index contributed by atoms with van der Waals surface area (Å²) in [6.07, 6.45) is 5.43. The molecular weight excluding hydrogens is 352 g/mol. The summed E-state index contributed by atoms with van der Waals surface area (Å²) in [4.78, 5) is 13.1. The van der Waals surface area contributed by atoms with Gasteiger partial charge in [-0.25, -0.2) is 4.79 Å². The third-order valence-corrected chi connectivity index (χ3v) is 4.58. The molecule has 2 atom stereocenters. The Balaban J connectivity index is 0.000000483. The molecule has 2 rings (SSSR count). The van der Waals surface area contributed by atoms with Crippen LogP contribution >= 0.6 is 0 Å². The molecule has 8 heteroatoms. The number of amides is 1. The number of rotatable bonds is 7. The topological polar surface area (TPSA) is 67.6 Å². The minimum absolute atomic E-state index is 0. The molecule has 0 saturated carbocycles. The van der Waals surface area contributed by atoms with Gasteiger partial charge in [-0.15, -0.1) is 0 Å². The maximum absolute atomic E-state index is 11.3. The molecule has 1 aliphatic heterocycles. The van der Waals surface area contributed by atoms with E-state index in [1.165, 1.54) is 17.5 Å². The molecule has 0 spiro atoms. The Labute approximate surface area is 187 Å². The van der Waals surface area contributed by atoms with Crippen molar-refractivity contribution in [1.29, 1.82) is 0 Å². The van der Waals surface area contributed by atoms with E-state index in [9.17, 15) is 9.90 Å². The van der Waals surface area contributed by atoms with Gasteiger partial charge in [0, 0.05) is 25.0 Å². The standard InChI is InChI=1S/C10H19NO2.C9H13BN2O.Na/c1-3-5-9-6-7-11(8-9)10(12)13-4-2;1-3-7(4-2)8-5-6-11-12(8)9(10)13;/h9H,3-8H2,1-2H3;5-7,9,13H,1-4H2;/q;-2;+1. The molecule has 1 aromatic rings. The van der Waals surface area contributed by atoms with Gasteiger partial charge < -0.3 is 28.6 Å². The van der Waals surface area contributed by atoms with Crippen molar-refractivity contribution in [3.63, 3.8) is 0 Å². The molecule has 146 valence electrons. The SMILES string of the molecule is CCCC1CCN(C(=O)OCC)C1.[B]C(O)n1nccc1C(C[CH2-])C[CH2-].[Na+]. The number of likely N-dealkylation sites (tertiary alicyclic amines) is 1. The summed E-state index contributed by atoms with van der Waals surface area (Å²) in [5.41, 5.74) is 0.889. The first-order valence-corrected chi connectivity index (χ1v) is 9.45. The number of nitrogens with zero attached hydrogens (tertiary/aromatic N) is 3. The molecule has 0 bridgehead atoms. The second-order valence-electron chi connectivity index (χ2n) is 6.48. The van der Waals surface area contributed by atoms with Crippen molar-refractivity contribution in [2.75, 3.05) is 19.7 Å². The molecule has 2 unspecified atom stereocenters. The summed E-state index contributed by atoms with van der Waals surface area (Å²) in [5.74, 6) is 0.912. The van der Waals surface area contributed by atoms with Gasteiger partial charge in [0.15, 0.2) is 0 Å². The minimum atomic E-state index is -1.08. The van der Waals surface area contributed by atoms with Crippen molar-refractivity contribution >= 4 is 13.9 Å². The smallest absolute Gasteiger partial charge is 0.450 e. The summed E-state index contributed by atoms with van der Waals surface area (Å²) >= 11 is 0. The molecule has 2 radical (unpaired) electrons. The van der Waals surface area contributed by atoms with Crippen LogP contribution in [0.15, 0.2) is 12.3 Å². The molecule has 0 aromatic carbocycles. The molecule has 1 saturated heterocycles. The Hall–Kier alpha value is -0.495. The zero-order chi connectivity index (χ0) is 19.5. The summed E-state index contributed by atoms with van der Waals surface area (Å²) in [7, 11) is 5.32. The van der Waals surface area contributed by atoms with Crippen LogP contribution in [0.2, 0.25) is 0 Å². The minimum Gasteiger partial charge on any atom is -0.450 e. The number of aliphatic hydroxyl groups excluding tert-OH is 1. The van der Waals surface area contributed by atoms with Crippen LogP contribution in [0.1, 0.15) is 63.7 Å². The summed E-state index contributed by atoms with van der Waals surface area (Å²) in [5, 5.41) is 13.1. The molecule has 1 fully saturated rings. The number of ether oxygens (including phenoxy) is 1. The largest absolute Gasteiger partial charge is 1.00 e. The van der Waals surface area contributed by atoms with E-state index in [1.54, 1.807) is 6.20 Å². The fraction of sp³-hybridized carbons (Fsp3) is 0.684. The van der Waals surface area contributed by atoms with Gasteiger partial charge >= 0.3 is 35.7 Å². The van der Waals surface area contributed by atoms with E-state index in [4.69, 9.17) is 12.6 Å². The van der Waals surface area contributed by atoms with Crippen LogP contribution in [0.3, 0.4) is 0 Å². The summed E-state index contributed by atoms with van der Waals surface area (Å²) in [6, 6.07) is 1.83. The molecule has 1 N–H and O–H groups in total. The van der Waals surface area contributed by atoms with Gasteiger partial charge in [0.1, 0.15) is 14.0 Å². The van der Waals surface area contributed by atoms with Crippen LogP contribution in [-0.2, 0) is 4.74 Å². The number of aromatic nitrogens is 2. The van der Waals surface area contributed by atoms with E-state index in [-0.39, 0.29) is 41.6 Å². The number of hydrogen-bond donors (Lipinski definition) is 1. The molecular formula is C19H32BN3NaO3-. The van der Waals surface area contributed by atoms with Gasteiger partial charge in [-0.2, -0.15) is 17.9 Å². The molecule has 1 aromatic heterocycles. The molecule has 1 aliphatic rings. The first-order valence-electron chi connectivity index (χ1n) is 9.45. The van der Waals surface area contributed by atoms with E-state index >= 15 is 0 Å². The predicted octanol–water partition coefficient (Wildman–Crippen LogP) is 0.301. The first-order chi connectivity index (χ1) is 12.5. The van der Waals surface area contributed by atoms with Crippen LogP contribution in [-0.4, -0.2) is 53.4 Å². The van der Waals surface area contributed by atoms with Crippen molar-refractivity contribution in [3.05, 3.63) is 31.8 Å². The van der Waals surface area contributed by atoms with Crippen molar-refractivity contribution in [2.45, 2.75) is 58.0 Å². The van der Waals surface area contributed by atoms with Crippen LogP contribution in [0.4, 0.5) is 4.79 Å². The zero-order valence-corrected chi connectivity index (χ0v) is 19.1. The average Bonchev–Trinajstić information content (AvgIpc) is 3.27. The van der Waals surface area contributed by atoms with Gasteiger partial charge in [0.05, 0.1) is 6.61 Å². The fourth-order valence-electron chi connectivity index (χ4n) is 3.17. The Morgan fingerprint density at radius 2 is 2.11 bits per heavy atom. The predicted molar refractivity (Wildman–Crippen MR) is 104 cm³/mol. The van der Waals surface area contributed by atoms with E-state index in [2.05, 4.69) is 25.9 Å². The Morgan fingerprint density at radius 1 is 1.44 bits per heavy atom. The van der Waals surface area contributed by atoms with Gasteiger partial charge in [0.25, 0.3) is 0 Å². The third kappa shape index (κ3) is 8.59. The number of carbonyl (C=O) groups excluding carboxylic acids is 1. The van der Waals surface area contributed by atoms with E-state index in [0.717, 1.165) is 38.0 Å². The summed E-state index contributed by atoms with van der Waals surface area (Å²) < 4.78 is 6.33. The van der Waals surface area contributed by atoms with Gasteiger partial charge in [-0.3, -0.25) is 4.68 Å². The number of aliphatic hydroxyl groups is 1. The van der Waals surface area contributed by atoms with Crippen molar-refractivity contribution in [1.82, 2.24) is 14.7 Å². The number of hydrogen-bond acceptors (Lipinski definition) is 4. The Bertz CT molecular complexity index is 524. The second kappa shape index (κ2) is 14.5. The fourth-order valence-corrected chi connectivity index (χ4v) is 3.17. The van der Waals surface area contributed by atoms with E-state index in [1.807, 2.05) is 17.9 Å². The quantitative estimate of drug-likeness (QED) is 0.543. The van der Waals surface area contributed by atoms with E-state index < -0.39 is 6.13 Å². The monoisotopic (exact) mass is 384 g/mol. The Morgan fingerprint density at radius 3 is 2.63 bits per heavy atom. The normalized spacial score (nSPS) is 17.1. The van der Waals surface area contributed by atoms with Gasteiger partial charge in [-0.05, 0) is 31.7 Å². The number of carbonyl (C=O) groups is 1. The molecule has 0 aliphatic carbocycles. The molecule has 2 heterocycles. The first kappa shape index (κ1) is 26.5. The van der Waals surface area contributed by atoms with Gasteiger partial charge in [0.2, 0.25) is 0 Å². The molecule has 1 amide bonds. The van der Waals surface area contributed by atoms with Gasteiger partial charge in [-0.1, -0.05) is 19.3 Å². The maximum Gasteiger partial charge on any atom is 1.00 e. The van der Waals surface area contributed by atoms with Crippen LogP contribution in [0, 0.1) is 19.8 Å². The third-order valence-electron chi connectivity index (χ3n) is 4.58. The Kier molecular flexibility index (Phi) is 14.2. The summed E-state index contributed by atoms with van der Waals surface area (Å²) in [6.45, 7) is 13.9. The second-order valence-corrected chi connectivity index (χ2v) is 6.48. The van der Waals surface area contributed by atoms with Crippen molar-refractivity contribution in [2.24, 2.45) is 5.92 Å². The van der Waals surface area contributed by atoms with Crippen LogP contribution in [0.25, 0.3) is 0 Å². The average molecular weight is 384 g/mol.